The molecule has 2 rings (SSSR count). The molecule has 1 heterocycles. The molecule has 0 amide bonds. The number of hydrogen-bond acceptors (Lipinski definition) is 4. The molecule has 4 heteroatoms. The fraction of sp³-hybridized carbons (Fsp3) is 0.875. The Morgan fingerprint density at radius 2 is 1.90 bits per heavy atom. The topological polar surface area (TPSA) is 64.9 Å². The summed E-state index contributed by atoms with van der Waals surface area (Å²) in [4.78, 5) is 4.58. The van der Waals surface area contributed by atoms with E-state index >= 15 is 0 Å². The second-order valence-corrected chi connectivity index (χ2v) is 8.16. The second-order valence-electron chi connectivity index (χ2n) is 8.16. The Morgan fingerprint density at radius 3 is 2.45 bits per heavy atom. The van der Waals surface area contributed by atoms with Crippen LogP contribution in [0.25, 0.3) is 0 Å². The molecule has 1 aliphatic carbocycles. The van der Waals surface area contributed by atoms with Gasteiger partial charge in [0.15, 0.2) is 5.82 Å². The molecular weight excluding hydrogens is 250 g/mol. The van der Waals surface area contributed by atoms with E-state index in [9.17, 15) is 0 Å². The molecule has 0 spiro atoms. The maximum Gasteiger partial charge on any atom is 0.228 e. The second kappa shape index (κ2) is 5.47. The SMILES string of the molecule is CC1(C)CCC(c2noc(CC(N)C(C)(C)C)n2)CC1. The summed E-state index contributed by atoms with van der Waals surface area (Å²) in [6.07, 6.45) is 5.47. The lowest BCUT2D eigenvalue weighted by atomic mass is 9.73. The van der Waals surface area contributed by atoms with Crippen molar-refractivity contribution in [3.8, 4) is 0 Å². The van der Waals surface area contributed by atoms with Gasteiger partial charge < -0.3 is 10.3 Å². The van der Waals surface area contributed by atoms with E-state index in [-0.39, 0.29) is 11.5 Å². The van der Waals surface area contributed by atoms with Gasteiger partial charge in [0, 0.05) is 18.4 Å². The van der Waals surface area contributed by atoms with Gasteiger partial charge in [0.25, 0.3) is 0 Å². The van der Waals surface area contributed by atoms with Crippen LogP contribution in [-0.4, -0.2) is 16.2 Å². The summed E-state index contributed by atoms with van der Waals surface area (Å²) >= 11 is 0. The van der Waals surface area contributed by atoms with Gasteiger partial charge in [-0.05, 0) is 36.5 Å². The molecular formula is C16H29N3O. The number of nitrogens with zero attached hydrogens (tertiary/aromatic N) is 2. The van der Waals surface area contributed by atoms with E-state index < -0.39 is 0 Å². The van der Waals surface area contributed by atoms with Gasteiger partial charge in [-0.3, -0.25) is 0 Å². The molecule has 1 fully saturated rings. The standard InChI is InChI=1S/C16H29N3O/c1-15(2,3)12(17)10-13-18-14(19-20-13)11-6-8-16(4,5)9-7-11/h11-12H,6-10,17H2,1-5H3. The Hall–Kier alpha value is -0.900. The van der Waals surface area contributed by atoms with Crippen LogP contribution in [0.2, 0.25) is 0 Å². The first-order valence-electron chi connectivity index (χ1n) is 7.75. The van der Waals surface area contributed by atoms with Crippen molar-refractivity contribution >= 4 is 0 Å². The summed E-state index contributed by atoms with van der Waals surface area (Å²) in [6, 6.07) is 0.0427. The molecule has 0 bridgehead atoms. The van der Waals surface area contributed by atoms with Crippen LogP contribution < -0.4 is 5.73 Å². The van der Waals surface area contributed by atoms with E-state index in [0.717, 1.165) is 18.7 Å². The van der Waals surface area contributed by atoms with Gasteiger partial charge in [-0.2, -0.15) is 4.98 Å². The van der Waals surface area contributed by atoms with Gasteiger partial charge in [-0.15, -0.1) is 0 Å². The highest BCUT2D eigenvalue weighted by Crippen LogP contribution is 2.41. The van der Waals surface area contributed by atoms with Gasteiger partial charge in [0.2, 0.25) is 5.89 Å². The summed E-state index contributed by atoms with van der Waals surface area (Å²) < 4.78 is 5.39. The van der Waals surface area contributed by atoms with Crippen LogP contribution in [0, 0.1) is 10.8 Å². The van der Waals surface area contributed by atoms with Crippen molar-refractivity contribution in [3.05, 3.63) is 11.7 Å². The van der Waals surface area contributed by atoms with E-state index in [1.807, 2.05) is 0 Å². The van der Waals surface area contributed by atoms with Crippen LogP contribution in [0.5, 0.6) is 0 Å². The van der Waals surface area contributed by atoms with Crippen molar-refractivity contribution in [1.29, 1.82) is 0 Å². The molecule has 1 unspecified atom stereocenters. The molecule has 0 aliphatic heterocycles. The predicted octanol–water partition coefficient (Wildman–Crippen LogP) is 3.67. The molecule has 114 valence electrons. The first-order chi connectivity index (χ1) is 9.17. The van der Waals surface area contributed by atoms with E-state index in [4.69, 9.17) is 10.3 Å². The van der Waals surface area contributed by atoms with Crippen LogP contribution >= 0.6 is 0 Å². The highest BCUT2D eigenvalue weighted by molar-refractivity contribution is 5.00. The zero-order chi connectivity index (χ0) is 15.0. The molecule has 20 heavy (non-hydrogen) atoms. The number of rotatable bonds is 3. The van der Waals surface area contributed by atoms with Crippen molar-refractivity contribution in [1.82, 2.24) is 10.1 Å². The van der Waals surface area contributed by atoms with E-state index in [0.29, 0.717) is 23.6 Å². The molecule has 0 radical (unpaired) electrons. The minimum atomic E-state index is 0.0427. The van der Waals surface area contributed by atoms with Gasteiger partial charge in [-0.1, -0.05) is 39.8 Å². The molecule has 0 saturated heterocycles. The minimum absolute atomic E-state index is 0.0427. The Morgan fingerprint density at radius 1 is 1.30 bits per heavy atom. The third kappa shape index (κ3) is 3.81. The van der Waals surface area contributed by atoms with Crippen LogP contribution in [-0.2, 0) is 6.42 Å². The molecule has 1 aromatic rings. The fourth-order valence-corrected chi connectivity index (χ4v) is 2.67. The maximum absolute atomic E-state index is 6.18. The largest absolute Gasteiger partial charge is 0.339 e. The summed E-state index contributed by atoms with van der Waals surface area (Å²) in [5.41, 5.74) is 6.71. The average Bonchev–Trinajstić information content (AvgIpc) is 2.76. The summed E-state index contributed by atoms with van der Waals surface area (Å²) in [7, 11) is 0. The van der Waals surface area contributed by atoms with Crippen molar-refractivity contribution in [2.75, 3.05) is 0 Å². The van der Waals surface area contributed by atoms with Crippen LogP contribution in [0.3, 0.4) is 0 Å². The smallest absolute Gasteiger partial charge is 0.228 e. The Balaban J connectivity index is 1.96. The van der Waals surface area contributed by atoms with E-state index in [1.165, 1.54) is 12.8 Å². The molecule has 1 aromatic heterocycles. The third-order valence-electron chi connectivity index (χ3n) is 4.70. The summed E-state index contributed by atoms with van der Waals surface area (Å²) in [5, 5.41) is 4.18. The molecule has 1 atom stereocenters. The monoisotopic (exact) mass is 279 g/mol. The number of nitrogens with two attached hydrogens (primary N) is 1. The number of hydrogen-bond donors (Lipinski definition) is 1. The van der Waals surface area contributed by atoms with Gasteiger partial charge in [0.05, 0.1) is 0 Å². The highest BCUT2D eigenvalue weighted by Gasteiger charge is 2.30. The van der Waals surface area contributed by atoms with E-state index in [2.05, 4.69) is 44.8 Å². The fourth-order valence-electron chi connectivity index (χ4n) is 2.67. The normalized spacial score (nSPS) is 21.9. The minimum Gasteiger partial charge on any atom is -0.339 e. The lowest BCUT2D eigenvalue weighted by Gasteiger charge is -2.32. The molecule has 1 saturated carbocycles. The van der Waals surface area contributed by atoms with Crippen molar-refractivity contribution in [2.45, 2.75) is 78.7 Å². The quantitative estimate of drug-likeness (QED) is 0.916. The Labute approximate surface area is 122 Å². The van der Waals surface area contributed by atoms with Gasteiger partial charge in [-0.25, -0.2) is 0 Å². The summed E-state index contributed by atoms with van der Waals surface area (Å²) in [6.45, 7) is 11.1. The maximum atomic E-state index is 6.18. The highest BCUT2D eigenvalue weighted by atomic mass is 16.5. The molecule has 2 N–H and O–H groups in total. The lowest BCUT2D eigenvalue weighted by Crippen LogP contribution is -2.37. The van der Waals surface area contributed by atoms with Gasteiger partial charge in [0.1, 0.15) is 0 Å². The molecule has 1 aliphatic rings. The average molecular weight is 279 g/mol. The Bertz CT molecular complexity index is 435. The first kappa shape index (κ1) is 15.5. The van der Waals surface area contributed by atoms with Crippen molar-refractivity contribution in [3.63, 3.8) is 0 Å². The van der Waals surface area contributed by atoms with Crippen molar-refractivity contribution in [2.24, 2.45) is 16.6 Å². The third-order valence-corrected chi connectivity index (χ3v) is 4.70. The summed E-state index contributed by atoms with van der Waals surface area (Å²) in [5.74, 6) is 2.04. The lowest BCUT2D eigenvalue weighted by molar-refractivity contribution is 0.218. The molecule has 4 nitrogen and oxygen atoms in total. The predicted molar refractivity (Wildman–Crippen MR) is 80.4 cm³/mol. The van der Waals surface area contributed by atoms with Gasteiger partial charge >= 0.3 is 0 Å². The van der Waals surface area contributed by atoms with Crippen LogP contribution in [0.1, 0.15) is 77.9 Å². The van der Waals surface area contributed by atoms with Crippen LogP contribution in [0.15, 0.2) is 4.52 Å². The van der Waals surface area contributed by atoms with E-state index in [1.54, 1.807) is 0 Å². The number of aromatic nitrogens is 2. The van der Waals surface area contributed by atoms with Crippen molar-refractivity contribution < 1.29 is 4.52 Å². The van der Waals surface area contributed by atoms with Crippen LogP contribution in [0.4, 0.5) is 0 Å². The first-order valence-corrected chi connectivity index (χ1v) is 7.75. The Kier molecular flexibility index (Phi) is 4.24. The zero-order valence-electron chi connectivity index (χ0n) is 13.6. The molecule has 0 aromatic carbocycles. The zero-order valence-corrected chi connectivity index (χ0v) is 13.6.